The van der Waals surface area contributed by atoms with E-state index in [0.717, 1.165) is 25.9 Å². The van der Waals surface area contributed by atoms with Crippen molar-refractivity contribution in [2.24, 2.45) is 0 Å². The minimum Gasteiger partial charge on any atom is -0.382 e. The Morgan fingerprint density at radius 1 is 1.50 bits per heavy atom. The van der Waals surface area contributed by atoms with Crippen LogP contribution in [-0.2, 0) is 4.79 Å². The van der Waals surface area contributed by atoms with Gasteiger partial charge in [-0.2, -0.15) is 0 Å². The average Bonchev–Trinajstić information content (AvgIpc) is 2.87. The maximum atomic E-state index is 12.1. The van der Waals surface area contributed by atoms with Crippen LogP contribution in [0.2, 0.25) is 5.02 Å². The van der Waals surface area contributed by atoms with Gasteiger partial charge in [0.2, 0.25) is 5.91 Å². The molecule has 0 radical (unpaired) electrons. The van der Waals surface area contributed by atoms with Gasteiger partial charge in [-0.25, -0.2) is 9.97 Å². The van der Waals surface area contributed by atoms with E-state index in [1.807, 2.05) is 4.90 Å². The summed E-state index contributed by atoms with van der Waals surface area (Å²) >= 11 is 5.96. The van der Waals surface area contributed by atoms with Gasteiger partial charge in [-0.15, -0.1) is 0 Å². The van der Waals surface area contributed by atoms with E-state index in [1.54, 1.807) is 6.92 Å². The molecule has 1 aliphatic rings. The zero-order valence-corrected chi connectivity index (χ0v) is 10.9. The summed E-state index contributed by atoms with van der Waals surface area (Å²) in [5.74, 6) is 0.653. The molecule has 3 N–H and O–H groups in total. The highest BCUT2D eigenvalue weighted by molar-refractivity contribution is 6.35. The first-order valence-electron chi connectivity index (χ1n) is 5.91. The lowest BCUT2D eigenvalue weighted by Gasteiger charge is -2.21. The third-order valence-electron chi connectivity index (χ3n) is 2.96. The molecule has 6 nitrogen and oxygen atoms in total. The molecule has 0 saturated carbocycles. The molecule has 2 rings (SSSR count). The Labute approximate surface area is 111 Å². The summed E-state index contributed by atoms with van der Waals surface area (Å²) in [6.07, 6.45) is 3.45. The van der Waals surface area contributed by atoms with Crippen LogP contribution in [0, 0.1) is 0 Å². The Morgan fingerprint density at radius 3 is 2.83 bits per heavy atom. The molecule has 1 aromatic heterocycles. The van der Waals surface area contributed by atoms with Gasteiger partial charge < -0.3 is 16.0 Å². The number of nitrogen functional groups attached to an aromatic ring is 1. The summed E-state index contributed by atoms with van der Waals surface area (Å²) in [7, 11) is 0. The van der Waals surface area contributed by atoms with Gasteiger partial charge in [0.1, 0.15) is 23.2 Å². The summed E-state index contributed by atoms with van der Waals surface area (Å²) in [6, 6.07) is -0.380. The number of halogens is 1. The van der Waals surface area contributed by atoms with Gasteiger partial charge in [0.05, 0.1) is 0 Å². The van der Waals surface area contributed by atoms with E-state index >= 15 is 0 Å². The van der Waals surface area contributed by atoms with Crippen LogP contribution in [0.4, 0.5) is 11.6 Å². The number of likely N-dealkylation sites (tertiary alicyclic amines) is 1. The van der Waals surface area contributed by atoms with Crippen LogP contribution in [0.3, 0.4) is 0 Å². The quantitative estimate of drug-likeness (QED) is 0.859. The zero-order chi connectivity index (χ0) is 13.1. The Kier molecular flexibility index (Phi) is 3.86. The van der Waals surface area contributed by atoms with Crippen molar-refractivity contribution in [3.63, 3.8) is 0 Å². The van der Waals surface area contributed by atoms with Crippen molar-refractivity contribution in [3.05, 3.63) is 11.3 Å². The van der Waals surface area contributed by atoms with E-state index in [-0.39, 0.29) is 22.8 Å². The van der Waals surface area contributed by atoms with Crippen molar-refractivity contribution >= 4 is 29.1 Å². The van der Waals surface area contributed by atoms with Gasteiger partial charge in [-0.1, -0.05) is 11.6 Å². The van der Waals surface area contributed by atoms with Gasteiger partial charge in [0.25, 0.3) is 0 Å². The molecule has 1 atom stereocenters. The zero-order valence-electron chi connectivity index (χ0n) is 10.2. The Balaban J connectivity index is 2.04. The molecule has 1 amide bonds. The molecule has 7 heteroatoms. The Hall–Kier alpha value is -1.56. The number of nitrogens with one attached hydrogen (secondary N) is 1. The molecule has 1 aromatic rings. The first kappa shape index (κ1) is 12.9. The van der Waals surface area contributed by atoms with Crippen molar-refractivity contribution in [1.29, 1.82) is 0 Å². The number of carbonyl (C=O) groups excluding carboxylic acids is 1. The molecular weight excluding hydrogens is 254 g/mol. The molecule has 1 unspecified atom stereocenters. The predicted molar refractivity (Wildman–Crippen MR) is 70.4 cm³/mol. The highest BCUT2D eigenvalue weighted by Gasteiger charge is 2.24. The SMILES string of the molecule is CC(Nc1ncnc(N)c1Cl)C(=O)N1CCCC1. The standard InChI is InChI=1S/C11H16ClN5O/c1-7(11(18)17-4-2-3-5-17)16-10-8(12)9(13)14-6-15-10/h6-7H,2-5H2,1H3,(H3,13,14,15,16). The maximum absolute atomic E-state index is 12.1. The predicted octanol–water partition coefficient (Wildman–Crippen LogP) is 1.14. The minimum atomic E-state index is -0.380. The van der Waals surface area contributed by atoms with Crippen LogP contribution in [-0.4, -0.2) is 39.9 Å². The molecule has 98 valence electrons. The maximum Gasteiger partial charge on any atom is 0.244 e. The second-order valence-corrected chi connectivity index (χ2v) is 4.70. The molecule has 0 spiro atoms. The molecule has 1 aliphatic heterocycles. The molecule has 1 saturated heterocycles. The van der Waals surface area contributed by atoms with Crippen LogP contribution in [0.25, 0.3) is 0 Å². The fraction of sp³-hybridized carbons (Fsp3) is 0.545. The Bertz CT molecular complexity index is 447. The summed E-state index contributed by atoms with van der Waals surface area (Å²) < 4.78 is 0. The number of amides is 1. The molecule has 0 aliphatic carbocycles. The fourth-order valence-electron chi connectivity index (χ4n) is 1.96. The Morgan fingerprint density at radius 2 is 2.17 bits per heavy atom. The van der Waals surface area contributed by atoms with Crippen molar-refractivity contribution in [2.75, 3.05) is 24.1 Å². The van der Waals surface area contributed by atoms with E-state index in [0.29, 0.717) is 5.82 Å². The molecule has 0 bridgehead atoms. The number of nitrogens with two attached hydrogens (primary N) is 1. The molecule has 1 fully saturated rings. The van der Waals surface area contributed by atoms with Crippen LogP contribution in [0.5, 0.6) is 0 Å². The minimum absolute atomic E-state index is 0.0563. The summed E-state index contributed by atoms with van der Waals surface area (Å²) in [5, 5.41) is 3.22. The number of carbonyl (C=O) groups is 1. The highest BCUT2D eigenvalue weighted by atomic mass is 35.5. The second kappa shape index (κ2) is 5.39. The largest absolute Gasteiger partial charge is 0.382 e. The van der Waals surface area contributed by atoms with Gasteiger partial charge >= 0.3 is 0 Å². The van der Waals surface area contributed by atoms with Crippen molar-refractivity contribution in [3.8, 4) is 0 Å². The second-order valence-electron chi connectivity index (χ2n) is 4.32. The highest BCUT2D eigenvalue weighted by Crippen LogP contribution is 2.24. The summed E-state index contributed by atoms with van der Waals surface area (Å²) in [5.41, 5.74) is 5.58. The number of anilines is 2. The average molecular weight is 270 g/mol. The van der Waals surface area contributed by atoms with Crippen molar-refractivity contribution < 1.29 is 4.79 Å². The van der Waals surface area contributed by atoms with Gasteiger partial charge in [-0.3, -0.25) is 4.79 Å². The lowest BCUT2D eigenvalue weighted by Crippen LogP contribution is -2.39. The number of hydrogen-bond acceptors (Lipinski definition) is 5. The lowest BCUT2D eigenvalue weighted by molar-refractivity contribution is -0.130. The number of rotatable bonds is 3. The molecule has 0 aromatic carbocycles. The molecule has 18 heavy (non-hydrogen) atoms. The van der Waals surface area contributed by atoms with E-state index in [1.165, 1.54) is 6.33 Å². The van der Waals surface area contributed by atoms with Crippen LogP contribution in [0.1, 0.15) is 19.8 Å². The van der Waals surface area contributed by atoms with E-state index in [4.69, 9.17) is 17.3 Å². The van der Waals surface area contributed by atoms with Crippen LogP contribution < -0.4 is 11.1 Å². The topological polar surface area (TPSA) is 84.1 Å². The van der Waals surface area contributed by atoms with E-state index in [2.05, 4.69) is 15.3 Å². The van der Waals surface area contributed by atoms with Crippen LogP contribution in [0.15, 0.2) is 6.33 Å². The normalized spacial score (nSPS) is 16.7. The van der Waals surface area contributed by atoms with Gasteiger partial charge in [0.15, 0.2) is 5.82 Å². The third-order valence-corrected chi connectivity index (χ3v) is 3.33. The van der Waals surface area contributed by atoms with E-state index in [9.17, 15) is 4.79 Å². The first-order chi connectivity index (χ1) is 8.59. The molecule has 2 heterocycles. The molecular formula is C11H16ClN5O. The van der Waals surface area contributed by atoms with Gasteiger partial charge in [0, 0.05) is 13.1 Å². The van der Waals surface area contributed by atoms with Crippen molar-refractivity contribution in [1.82, 2.24) is 14.9 Å². The van der Waals surface area contributed by atoms with Crippen molar-refractivity contribution in [2.45, 2.75) is 25.8 Å². The number of nitrogens with zero attached hydrogens (tertiary/aromatic N) is 3. The van der Waals surface area contributed by atoms with Gasteiger partial charge in [-0.05, 0) is 19.8 Å². The smallest absolute Gasteiger partial charge is 0.244 e. The number of hydrogen-bond donors (Lipinski definition) is 2. The third kappa shape index (κ3) is 2.64. The fourth-order valence-corrected chi connectivity index (χ4v) is 2.11. The summed E-state index contributed by atoms with van der Waals surface area (Å²) in [6.45, 7) is 3.43. The monoisotopic (exact) mass is 269 g/mol. The van der Waals surface area contributed by atoms with Crippen LogP contribution >= 0.6 is 11.6 Å². The lowest BCUT2D eigenvalue weighted by atomic mass is 10.3. The summed E-state index contributed by atoms with van der Waals surface area (Å²) in [4.78, 5) is 21.7. The number of aromatic nitrogens is 2. The van der Waals surface area contributed by atoms with E-state index < -0.39 is 0 Å². The first-order valence-corrected chi connectivity index (χ1v) is 6.28.